The first kappa shape index (κ1) is 20.4. The number of ether oxygens (including phenoxy) is 1. The van der Waals surface area contributed by atoms with Crippen molar-refractivity contribution in [1.29, 1.82) is 0 Å². The molecule has 0 saturated carbocycles. The molecule has 0 heterocycles. The van der Waals surface area contributed by atoms with Crippen LogP contribution in [0.2, 0.25) is 22.7 Å². The van der Waals surface area contributed by atoms with Gasteiger partial charge in [-0.05, 0) is 17.9 Å². The molecule has 1 nitrogen and oxygen atoms in total. The smallest absolute Gasteiger partial charge is 0.0716 e. The van der Waals surface area contributed by atoms with Gasteiger partial charge in [-0.2, -0.15) is 0 Å². The van der Waals surface area contributed by atoms with Gasteiger partial charge in [0, 0.05) is 6.61 Å². The van der Waals surface area contributed by atoms with E-state index in [9.17, 15) is 0 Å². The molecule has 0 fully saturated rings. The van der Waals surface area contributed by atoms with E-state index in [-0.39, 0.29) is 0 Å². The van der Waals surface area contributed by atoms with Crippen molar-refractivity contribution >= 4 is 8.07 Å². The van der Waals surface area contributed by atoms with E-state index < -0.39 is 8.07 Å². The SMILES string of the molecule is CC(C)[Si](C[C@H](C)CCOCc1ccccc1)(C(C)C)C(C)C. The maximum absolute atomic E-state index is 5.90. The van der Waals surface area contributed by atoms with Gasteiger partial charge in [-0.3, -0.25) is 0 Å². The van der Waals surface area contributed by atoms with Crippen LogP contribution in [0.3, 0.4) is 0 Å². The highest BCUT2D eigenvalue weighted by atomic mass is 28.3. The van der Waals surface area contributed by atoms with Crippen molar-refractivity contribution < 1.29 is 4.74 Å². The van der Waals surface area contributed by atoms with Crippen LogP contribution in [0.4, 0.5) is 0 Å². The standard InChI is InChI=1S/C21H38OSi/c1-17(2)23(18(3)4,19(5)6)16-20(7)13-14-22-15-21-11-9-8-10-12-21/h8-12,17-20H,13-16H2,1-7H3/t20-/m1/s1. The predicted molar refractivity (Wildman–Crippen MR) is 106 cm³/mol. The summed E-state index contributed by atoms with van der Waals surface area (Å²) in [5.74, 6) is 0.768. The fourth-order valence-corrected chi connectivity index (χ4v) is 11.3. The van der Waals surface area contributed by atoms with Crippen LogP contribution in [0.25, 0.3) is 0 Å². The third kappa shape index (κ3) is 5.76. The average Bonchev–Trinajstić information content (AvgIpc) is 2.49. The van der Waals surface area contributed by atoms with Crippen LogP contribution in [0.1, 0.15) is 60.5 Å². The molecule has 2 heteroatoms. The summed E-state index contributed by atoms with van der Waals surface area (Å²) in [4.78, 5) is 0. The molecule has 0 aromatic heterocycles. The Bertz CT molecular complexity index is 403. The van der Waals surface area contributed by atoms with Crippen molar-refractivity contribution in [2.45, 2.75) is 84.2 Å². The molecule has 0 unspecified atom stereocenters. The minimum Gasteiger partial charge on any atom is -0.377 e. The van der Waals surface area contributed by atoms with Gasteiger partial charge in [0.1, 0.15) is 0 Å². The van der Waals surface area contributed by atoms with Gasteiger partial charge in [0.05, 0.1) is 14.7 Å². The Morgan fingerprint density at radius 2 is 1.35 bits per heavy atom. The third-order valence-electron chi connectivity index (χ3n) is 5.79. The highest BCUT2D eigenvalue weighted by Crippen LogP contribution is 2.46. The second-order valence-corrected chi connectivity index (χ2v) is 14.3. The van der Waals surface area contributed by atoms with Gasteiger partial charge in [0.25, 0.3) is 0 Å². The zero-order valence-electron chi connectivity index (χ0n) is 16.4. The Morgan fingerprint density at radius 1 is 0.826 bits per heavy atom. The highest BCUT2D eigenvalue weighted by Gasteiger charge is 2.42. The normalized spacial score (nSPS) is 14.0. The summed E-state index contributed by atoms with van der Waals surface area (Å²) in [6, 6.07) is 11.9. The quantitative estimate of drug-likeness (QED) is 0.334. The molecular formula is C21H38OSi. The Kier molecular flexibility index (Phi) is 8.56. The Balaban J connectivity index is 2.48. The fraction of sp³-hybridized carbons (Fsp3) is 0.714. The first-order chi connectivity index (χ1) is 10.8. The van der Waals surface area contributed by atoms with Crippen molar-refractivity contribution in [1.82, 2.24) is 0 Å². The molecule has 1 aromatic rings. The van der Waals surface area contributed by atoms with Crippen LogP contribution >= 0.6 is 0 Å². The highest BCUT2D eigenvalue weighted by molar-refractivity contribution is 6.83. The summed E-state index contributed by atoms with van der Waals surface area (Å²) in [7, 11) is -1.27. The maximum Gasteiger partial charge on any atom is 0.0716 e. The van der Waals surface area contributed by atoms with Crippen LogP contribution in [-0.4, -0.2) is 14.7 Å². The minimum absolute atomic E-state index is 0.745. The van der Waals surface area contributed by atoms with Crippen molar-refractivity contribution in [2.24, 2.45) is 5.92 Å². The van der Waals surface area contributed by atoms with Crippen LogP contribution in [0, 0.1) is 5.92 Å². The van der Waals surface area contributed by atoms with Crippen molar-refractivity contribution in [2.75, 3.05) is 6.61 Å². The molecule has 132 valence electrons. The van der Waals surface area contributed by atoms with Crippen molar-refractivity contribution in [3.05, 3.63) is 35.9 Å². The van der Waals surface area contributed by atoms with Gasteiger partial charge < -0.3 is 4.74 Å². The average molecular weight is 335 g/mol. The molecule has 0 N–H and O–H groups in total. The molecule has 0 saturated heterocycles. The van der Waals surface area contributed by atoms with Crippen LogP contribution in [0.15, 0.2) is 30.3 Å². The van der Waals surface area contributed by atoms with E-state index in [1.54, 1.807) is 0 Å². The molecule has 1 atom stereocenters. The van der Waals surface area contributed by atoms with E-state index in [1.165, 1.54) is 18.0 Å². The molecular weight excluding hydrogens is 296 g/mol. The van der Waals surface area contributed by atoms with E-state index in [2.05, 4.69) is 78.8 Å². The van der Waals surface area contributed by atoms with Gasteiger partial charge in [-0.15, -0.1) is 0 Å². The third-order valence-corrected chi connectivity index (χ3v) is 13.6. The maximum atomic E-state index is 5.90. The number of hydrogen-bond acceptors (Lipinski definition) is 1. The largest absolute Gasteiger partial charge is 0.377 e. The van der Waals surface area contributed by atoms with Gasteiger partial charge in [0.15, 0.2) is 0 Å². The van der Waals surface area contributed by atoms with Crippen LogP contribution in [0.5, 0.6) is 0 Å². The fourth-order valence-electron chi connectivity index (χ4n) is 4.46. The van der Waals surface area contributed by atoms with Gasteiger partial charge in [-0.25, -0.2) is 0 Å². The molecule has 1 rings (SSSR count). The molecule has 0 radical (unpaired) electrons. The summed E-state index contributed by atoms with van der Waals surface area (Å²) in [6.45, 7) is 18.8. The first-order valence-electron chi connectivity index (χ1n) is 9.42. The lowest BCUT2D eigenvalue weighted by Crippen LogP contribution is -2.45. The molecule has 0 amide bonds. The lowest BCUT2D eigenvalue weighted by atomic mass is 10.1. The Hall–Kier alpha value is -0.603. The van der Waals surface area contributed by atoms with Crippen molar-refractivity contribution in [3.8, 4) is 0 Å². The zero-order chi connectivity index (χ0) is 17.5. The number of rotatable bonds is 10. The van der Waals surface area contributed by atoms with Crippen LogP contribution < -0.4 is 0 Å². The predicted octanol–water partition coefficient (Wildman–Crippen LogP) is 6.91. The minimum atomic E-state index is -1.27. The number of hydrogen-bond donors (Lipinski definition) is 0. The Morgan fingerprint density at radius 3 is 1.83 bits per heavy atom. The second kappa shape index (κ2) is 9.63. The Labute approximate surface area is 145 Å². The molecule has 0 aliphatic carbocycles. The molecule has 0 aliphatic rings. The summed E-state index contributed by atoms with van der Waals surface area (Å²) in [5, 5.41) is 0. The van der Waals surface area contributed by atoms with Crippen molar-refractivity contribution in [3.63, 3.8) is 0 Å². The van der Waals surface area contributed by atoms with Gasteiger partial charge in [0.2, 0.25) is 0 Å². The van der Waals surface area contributed by atoms with Crippen LogP contribution in [-0.2, 0) is 11.3 Å². The summed E-state index contributed by atoms with van der Waals surface area (Å²) < 4.78 is 5.90. The van der Waals surface area contributed by atoms with Gasteiger partial charge >= 0.3 is 0 Å². The number of benzene rings is 1. The second-order valence-electron chi connectivity index (χ2n) is 8.21. The van der Waals surface area contributed by atoms with E-state index in [1.807, 2.05) is 0 Å². The zero-order valence-corrected chi connectivity index (χ0v) is 17.4. The molecule has 1 aromatic carbocycles. The summed E-state index contributed by atoms with van der Waals surface area (Å²) >= 11 is 0. The van der Waals surface area contributed by atoms with Gasteiger partial charge in [-0.1, -0.05) is 101 Å². The monoisotopic (exact) mass is 334 g/mol. The molecule has 23 heavy (non-hydrogen) atoms. The topological polar surface area (TPSA) is 9.23 Å². The lowest BCUT2D eigenvalue weighted by molar-refractivity contribution is 0.110. The summed E-state index contributed by atoms with van der Waals surface area (Å²) in [5.41, 5.74) is 3.84. The molecule has 0 spiro atoms. The first-order valence-corrected chi connectivity index (χ1v) is 11.9. The lowest BCUT2D eigenvalue weighted by Gasteiger charge is -2.45. The van der Waals surface area contributed by atoms with E-state index >= 15 is 0 Å². The molecule has 0 aliphatic heterocycles. The van der Waals surface area contributed by atoms with E-state index in [4.69, 9.17) is 4.74 Å². The summed E-state index contributed by atoms with van der Waals surface area (Å²) in [6.07, 6.45) is 1.19. The van der Waals surface area contributed by atoms with E-state index in [0.29, 0.717) is 0 Å². The molecule has 0 bridgehead atoms. The van der Waals surface area contributed by atoms with E-state index in [0.717, 1.165) is 35.8 Å².